The normalized spacial score (nSPS) is 26.4. The summed E-state index contributed by atoms with van der Waals surface area (Å²) in [7, 11) is 3.92. The molecular weight excluding hydrogens is 426 g/mol. The Morgan fingerprint density at radius 3 is 2.15 bits per heavy atom. The molecule has 186 valence electrons. The first kappa shape index (κ1) is 26.9. The van der Waals surface area contributed by atoms with Gasteiger partial charge in [-0.05, 0) is 70.0 Å². The Hall–Kier alpha value is -2.36. The number of aliphatic hydroxyl groups is 1. The van der Waals surface area contributed by atoms with Crippen LogP contribution in [0.1, 0.15) is 32.1 Å². The van der Waals surface area contributed by atoms with Crippen molar-refractivity contribution in [1.82, 2.24) is 9.80 Å². The Balaban J connectivity index is 0.000000582. The van der Waals surface area contributed by atoms with Crippen LogP contribution in [-0.2, 0) is 9.59 Å². The van der Waals surface area contributed by atoms with E-state index in [0.717, 1.165) is 44.9 Å². The van der Waals surface area contributed by atoms with Gasteiger partial charge in [0, 0.05) is 49.9 Å². The Morgan fingerprint density at radius 1 is 0.970 bits per heavy atom. The van der Waals surface area contributed by atoms with E-state index in [-0.39, 0.29) is 24.5 Å². The van der Waals surface area contributed by atoms with Gasteiger partial charge in [0.2, 0.25) is 0 Å². The first-order chi connectivity index (χ1) is 15.9. The SMILES string of the molecule is COc1ccc(N2CCC(N3CCC[C@]4(CN(C)CC[C@@H]4O)C3)CC2)cc1.O=CO.O=CO. The van der Waals surface area contributed by atoms with Crippen molar-refractivity contribution in [2.24, 2.45) is 5.41 Å². The molecule has 33 heavy (non-hydrogen) atoms. The molecule has 3 aliphatic rings. The van der Waals surface area contributed by atoms with Gasteiger partial charge in [-0.2, -0.15) is 0 Å². The Morgan fingerprint density at radius 2 is 1.58 bits per heavy atom. The molecule has 3 fully saturated rings. The number of rotatable bonds is 3. The number of carboxylic acid groups (broad SMARTS) is 2. The molecular formula is C24H39N3O6. The third-order valence-corrected chi connectivity index (χ3v) is 7.13. The standard InChI is InChI=1S/C22H35N3O2.2CH2O2/c1-23-13-10-21(26)22(16-23)11-3-12-25(17-22)19-8-14-24(15-9-19)18-4-6-20(27-2)7-5-18;2*2-1-3/h4-7,19,21,26H,3,8-17H2,1-2H3;2*1H,(H,2,3)/t21-,22-;;/m0../s1. The zero-order valence-electron chi connectivity index (χ0n) is 19.8. The van der Waals surface area contributed by atoms with Gasteiger partial charge in [0.1, 0.15) is 5.75 Å². The van der Waals surface area contributed by atoms with Gasteiger partial charge in [-0.15, -0.1) is 0 Å². The Kier molecular flexibility index (Phi) is 10.9. The predicted molar refractivity (Wildman–Crippen MR) is 127 cm³/mol. The zero-order valence-corrected chi connectivity index (χ0v) is 19.8. The van der Waals surface area contributed by atoms with E-state index in [1.54, 1.807) is 7.11 Å². The van der Waals surface area contributed by atoms with Crippen LogP contribution in [0.15, 0.2) is 24.3 Å². The summed E-state index contributed by atoms with van der Waals surface area (Å²) in [6.07, 6.45) is 5.64. The largest absolute Gasteiger partial charge is 0.497 e. The van der Waals surface area contributed by atoms with E-state index in [4.69, 9.17) is 24.5 Å². The maximum Gasteiger partial charge on any atom is 0.290 e. The van der Waals surface area contributed by atoms with Crippen LogP contribution in [0.4, 0.5) is 5.69 Å². The fourth-order valence-corrected chi connectivity index (χ4v) is 5.56. The predicted octanol–water partition coefficient (Wildman–Crippen LogP) is 1.84. The van der Waals surface area contributed by atoms with Gasteiger partial charge >= 0.3 is 0 Å². The molecule has 0 bridgehead atoms. The molecule has 4 rings (SSSR count). The molecule has 0 unspecified atom stereocenters. The second-order valence-electron chi connectivity index (χ2n) is 9.11. The number of ether oxygens (including phenoxy) is 1. The molecule has 0 aromatic heterocycles. The summed E-state index contributed by atoms with van der Waals surface area (Å²) in [5.74, 6) is 0.920. The average molecular weight is 466 g/mol. The van der Waals surface area contributed by atoms with Crippen LogP contribution in [0.2, 0.25) is 0 Å². The third kappa shape index (κ3) is 7.31. The highest BCUT2D eigenvalue weighted by Gasteiger charge is 2.45. The van der Waals surface area contributed by atoms with E-state index in [0.29, 0.717) is 6.04 Å². The minimum absolute atomic E-state index is 0.0956. The number of hydrogen-bond acceptors (Lipinski definition) is 7. The molecule has 2 atom stereocenters. The highest BCUT2D eigenvalue weighted by molar-refractivity contribution is 5.49. The molecule has 3 aliphatic heterocycles. The van der Waals surface area contributed by atoms with E-state index in [2.05, 4.69) is 46.0 Å². The number of benzene rings is 1. The molecule has 3 saturated heterocycles. The molecule has 1 aromatic rings. The monoisotopic (exact) mass is 465 g/mol. The topological polar surface area (TPSA) is 114 Å². The van der Waals surface area contributed by atoms with Crippen LogP contribution < -0.4 is 9.64 Å². The Bertz CT molecular complexity index is 705. The fraction of sp³-hybridized carbons (Fsp3) is 0.667. The van der Waals surface area contributed by atoms with Crippen molar-refractivity contribution in [3.8, 4) is 5.75 Å². The quantitative estimate of drug-likeness (QED) is 0.576. The van der Waals surface area contributed by atoms with E-state index >= 15 is 0 Å². The minimum atomic E-state index is -0.250. The fourth-order valence-electron chi connectivity index (χ4n) is 5.56. The highest BCUT2D eigenvalue weighted by Crippen LogP contribution is 2.40. The summed E-state index contributed by atoms with van der Waals surface area (Å²) in [4.78, 5) is 24.3. The maximum atomic E-state index is 10.8. The molecule has 0 saturated carbocycles. The first-order valence-corrected chi connectivity index (χ1v) is 11.6. The van der Waals surface area contributed by atoms with Gasteiger partial charge in [-0.25, -0.2) is 0 Å². The van der Waals surface area contributed by atoms with Crippen LogP contribution in [-0.4, -0.2) is 104 Å². The lowest BCUT2D eigenvalue weighted by Crippen LogP contribution is -2.60. The molecule has 1 spiro atoms. The van der Waals surface area contributed by atoms with E-state index < -0.39 is 0 Å². The van der Waals surface area contributed by atoms with Crippen LogP contribution in [0.5, 0.6) is 5.75 Å². The lowest BCUT2D eigenvalue weighted by molar-refractivity contribution is -0.123. The molecule has 9 nitrogen and oxygen atoms in total. The summed E-state index contributed by atoms with van der Waals surface area (Å²) in [6, 6.07) is 9.11. The number of piperidine rings is 3. The van der Waals surface area contributed by atoms with Crippen LogP contribution in [0.25, 0.3) is 0 Å². The highest BCUT2D eigenvalue weighted by atomic mass is 16.5. The molecule has 3 N–H and O–H groups in total. The van der Waals surface area contributed by atoms with Crippen LogP contribution in [0, 0.1) is 5.41 Å². The van der Waals surface area contributed by atoms with E-state index in [1.165, 1.54) is 37.9 Å². The second kappa shape index (κ2) is 13.4. The number of carbonyl (C=O) groups is 2. The number of methoxy groups -OCH3 is 1. The van der Waals surface area contributed by atoms with Crippen molar-refractivity contribution in [1.29, 1.82) is 0 Å². The summed E-state index contributed by atoms with van der Waals surface area (Å²) in [5, 5.41) is 24.6. The summed E-state index contributed by atoms with van der Waals surface area (Å²) < 4.78 is 5.27. The number of hydrogen-bond donors (Lipinski definition) is 3. The van der Waals surface area contributed by atoms with E-state index in [9.17, 15) is 5.11 Å². The van der Waals surface area contributed by atoms with Crippen molar-refractivity contribution in [3.05, 3.63) is 24.3 Å². The van der Waals surface area contributed by atoms with Gasteiger partial charge in [0.15, 0.2) is 0 Å². The van der Waals surface area contributed by atoms with Gasteiger partial charge < -0.3 is 29.9 Å². The third-order valence-electron chi connectivity index (χ3n) is 7.13. The molecule has 0 aliphatic carbocycles. The van der Waals surface area contributed by atoms with Gasteiger partial charge in [0.05, 0.1) is 13.2 Å². The Labute approximate surface area is 196 Å². The number of nitrogens with zero attached hydrogens (tertiary/aromatic N) is 3. The number of anilines is 1. The van der Waals surface area contributed by atoms with Crippen molar-refractivity contribution in [2.45, 2.75) is 44.2 Å². The molecule has 9 heteroatoms. The summed E-state index contributed by atoms with van der Waals surface area (Å²) in [6.45, 7) is 6.08. The lowest BCUT2D eigenvalue weighted by Gasteiger charge is -2.53. The first-order valence-electron chi connectivity index (χ1n) is 11.6. The van der Waals surface area contributed by atoms with E-state index in [1.807, 2.05) is 0 Å². The van der Waals surface area contributed by atoms with Crippen LogP contribution >= 0.6 is 0 Å². The smallest absolute Gasteiger partial charge is 0.290 e. The molecule has 0 amide bonds. The minimum Gasteiger partial charge on any atom is -0.497 e. The van der Waals surface area contributed by atoms with Gasteiger partial charge in [-0.1, -0.05) is 0 Å². The van der Waals surface area contributed by atoms with Crippen molar-refractivity contribution in [3.63, 3.8) is 0 Å². The summed E-state index contributed by atoms with van der Waals surface area (Å²) in [5.41, 5.74) is 1.40. The van der Waals surface area contributed by atoms with Gasteiger partial charge in [0.25, 0.3) is 12.9 Å². The maximum absolute atomic E-state index is 10.8. The lowest BCUT2D eigenvalue weighted by atomic mass is 9.71. The molecule has 3 heterocycles. The zero-order chi connectivity index (χ0) is 24.3. The molecule has 0 radical (unpaired) electrons. The second-order valence-corrected chi connectivity index (χ2v) is 9.11. The number of aliphatic hydroxyl groups excluding tert-OH is 1. The van der Waals surface area contributed by atoms with Crippen molar-refractivity contribution >= 4 is 18.6 Å². The van der Waals surface area contributed by atoms with Gasteiger partial charge in [-0.3, -0.25) is 14.5 Å². The average Bonchev–Trinajstić information content (AvgIpc) is 2.83. The molecule has 1 aromatic carbocycles. The van der Waals surface area contributed by atoms with Crippen LogP contribution in [0.3, 0.4) is 0 Å². The summed E-state index contributed by atoms with van der Waals surface area (Å²) >= 11 is 0. The van der Waals surface area contributed by atoms with Crippen molar-refractivity contribution in [2.75, 3.05) is 58.3 Å². The van der Waals surface area contributed by atoms with Crippen molar-refractivity contribution < 1.29 is 29.6 Å². The number of likely N-dealkylation sites (tertiary alicyclic amines) is 2.